The molecule has 0 amide bonds. The molecular formula is C28H34N6O4. The van der Waals surface area contributed by atoms with Crippen molar-refractivity contribution in [1.29, 1.82) is 0 Å². The smallest absolute Gasteiger partial charge is 0.253 e. The van der Waals surface area contributed by atoms with Crippen LogP contribution in [0.3, 0.4) is 0 Å². The van der Waals surface area contributed by atoms with Gasteiger partial charge in [0.15, 0.2) is 5.82 Å². The molecule has 200 valence electrons. The van der Waals surface area contributed by atoms with E-state index < -0.39 is 6.04 Å². The summed E-state index contributed by atoms with van der Waals surface area (Å²) in [5.41, 5.74) is 1.18. The normalized spacial score (nSPS) is 19.1. The minimum atomic E-state index is -0.496. The fourth-order valence-corrected chi connectivity index (χ4v) is 5.86. The molecule has 1 saturated heterocycles. The summed E-state index contributed by atoms with van der Waals surface area (Å²) in [6.45, 7) is 4.39. The molecule has 2 fully saturated rings. The van der Waals surface area contributed by atoms with Crippen LogP contribution in [-0.2, 0) is 11.3 Å². The fraction of sp³-hybridized carbons (Fsp3) is 0.500. The minimum absolute atomic E-state index is 0.0624. The maximum atomic E-state index is 13.7. The van der Waals surface area contributed by atoms with Crippen molar-refractivity contribution < 1.29 is 13.9 Å². The number of furan rings is 1. The van der Waals surface area contributed by atoms with Gasteiger partial charge in [0.2, 0.25) is 0 Å². The van der Waals surface area contributed by atoms with Gasteiger partial charge in [0.25, 0.3) is 5.56 Å². The van der Waals surface area contributed by atoms with Crippen molar-refractivity contribution in [2.75, 3.05) is 19.8 Å². The molecule has 6 rings (SSSR count). The Morgan fingerprint density at radius 3 is 2.84 bits per heavy atom. The van der Waals surface area contributed by atoms with E-state index in [1.165, 1.54) is 0 Å². The van der Waals surface area contributed by atoms with Crippen LogP contribution in [0.1, 0.15) is 74.7 Å². The maximum absolute atomic E-state index is 13.7. The molecule has 10 nitrogen and oxygen atoms in total. The van der Waals surface area contributed by atoms with Gasteiger partial charge in [0.05, 0.1) is 31.6 Å². The molecule has 1 N–H and O–H groups in total. The zero-order valence-corrected chi connectivity index (χ0v) is 21.7. The number of benzene rings is 1. The zero-order valence-electron chi connectivity index (χ0n) is 21.7. The number of aromatic nitrogens is 5. The molecule has 3 aromatic heterocycles. The summed E-state index contributed by atoms with van der Waals surface area (Å²) in [6.07, 6.45) is 8.10. The van der Waals surface area contributed by atoms with E-state index in [4.69, 9.17) is 13.9 Å². The predicted molar refractivity (Wildman–Crippen MR) is 141 cm³/mol. The quantitative estimate of drug-likeness (QED) is 0.329. The Morgan fingerprint density at radius 2 is 2.08 bits per heavy atom. The largest absolute Gasteiger partial charge is 0.494 e. The summed E-state index contributed by atoms with van der Waals surface area (Å²) in [6, 6.07) is 11.2. The third kappa shape index (κ3) is 5.10. The number of H-pyrrole nitrogens is 1. The first-order valence-corrected chi connectivity index (χ1v) is 13.6. The number of fused-ring (bicyclic) bond motifs is 1. The van der Waals surface area contributed by atoms with Crippen molar-refractivity contribution in [3.8, 4) is 5.75 Å². The highest BCUT2D eigenvalue weighted by molar-refractivity contribution is 5.80. The number of pyridine rings is 1. The summed E-state index contributed by atoms with van der Waals surface area (Å²) in [4.78, 5) is 19.0. The highest BCUT2D eigenvalue weighted by atomic mass is 16.5. The van der Waals surface area contributed by atoms with E-state index in [0.717, 1.165) is 67.5 Å². The van der Waals surface area contributed by atoms with Gasteiger partial charge in [-0.2, -0.15) is 0 Å². The Balaban J connectivity index is 1.49. The van der Waals surface area contributed by atoms with Gasteiger partial charge in [-0.1, -0.05) is 12.8 Å². The van der Waals surface area contributed by atoms with Crippen LogP contribution in [0.2, 0.25) is 0 Å². The van der Waals surface area contributed by atoms with Gasteiger partial charge in [0.1, 0.15) is 17.6 Å². The molecule has 1 aliphatic carbocycles. The van der Waals surface area contributed by atoms with Gasteiger partial charge in [-0.05, 0) is 79.4 Å². The number of tetrazole rings is 1. The molecule has 0 spiro atoms. The second kappa shape index (κ2) is 11.1. The Morgan fingerprint density at radius 1 is 1.18 bits per heavy atom. The Hall–Kier alpha value is -3.50. The number of rotatable bonds is 10. The van der Waals surface area contributed by atoms with Crippen molar-refractivity contribution in [3.63, 3.8) is 0 Å². The number of nitrogens with one attached hydrogen (secondary N) is 1. The summed E-state index contributed by atoms with van der Waals surface area (Å²) in [7, 11) is 0. The van der Waals surface area contributed by atoms with E-state index in [-0.39, 0.29) is 17.7 Å². The molecule has 4 aromatic rings. The summed E-state index contributed by atoms with van der Waals surface area (Å²) < 4.78 is 19.5. The van der Waals surface area contributed by atoms with Crippen LogP contribution in [0.15, 0.2) is 51.9 Å². The molecule has 1 aromatic carbocycles. The second-order valence-electron chi connectivity index (χ2n) is 10.2. The van der Waals surface area contributed by atoms with E-state index >= 15 is 0 Å². The molecule has 0 radical (unpaired) electrons. The lowest BCUT2D eigenvalue weighted by atomic mass is 10.0. The number of hydrogen-bond acceptors (Lipinski definition) is 8. The fourth-order valence-electron chi connectivity index (χ4n) is 5.86. The molecule has 0 unspecified atom stereocenters. The number of hydrogen-bond donors (Lipinski definition) is 1. The third-order valence-electron chi connectivity index (χ3n) is 7.65. The monoisotopic (exact) mass is 518 g/mol. The lowest BCUT2D eigenvalue weighted by Crippen LogP contribution is -2.39. The first-order valence-electron chi connectivity index (χ1n) is 13.6. The van der Waals surface area contributed by atoms with Crippen molar-refractivity contribution in [1.82, 2.24) is 30.1 Å². The lowest BCUT2D eigenvalue weighted by Gasteiger charge is -2.32. The van der Waals surface area contributed by atoms with E-state index in [1.807, 2.05) is 48.0 Å². The standard InChI is InChI=1S/C28H34N6O4/c1-2-36-21-11-12-25-19(15-21)16-24(28(35)29-25)26(27-30-31-32-34(27)20-7-3-4-8-20)33(17-22-9-5-13-37-22)18-23-10-6-14-38-23/h5,9,11-13,15-16,20,23,26H,2-4,6-8,10,14,17-18H2,1H3,(H,29,35)/t23-,26-/m0/s1. The van der Waals surface area contributed by atoms with Crippen LogP contribution >= 0.6 is 0 Å². The van der Waals surface area contributed by atoms with Gasteiger partial charge >= 0.3 is 0 Å². The van der Waals surface area contributed by atoms with E-state index in [2.05, 4.69) is 25.4 Å². The summed E-state index contributed by atoms with van der Waals surface area (Å²) in [5.74, 6) is 2.24. The lowest BCUT2D eigenvalue weighted by molar-refractivity contribution is 0.0541. The first-order chi connectivity index (χ1) is 18.7. The van der Waals surface area contributed by atoms with Gasteiger partial charge in [-0.3, -0.25) is 9.69 Å². The number of nitrogens with zero attached hydrogens (tertiary/aromatic N) is 5. The SMILES string of the molecule is CCOc1ccc2[nH]c(=O)c([C@@H](c3nnnn3C3CCCC3)N(Cc3ccco3)C[C@@H]3CCCO3)cc2c1. The van der Waals surface area contributed by atoms with Crippen LogP contribution in [0.5, 0.6) is 5.75 Å². The molecule has 2 atom stereocenters. The molecule has 1 saturated carbocycles. The van der Waals surface area contributed by atoms with E-state index in [0.29, 0.717) is 31.1 Å². The van der Waals surface area contributed by atoms with Gasteiger partial charge in [0, 0.05) is 29.6 Å². The molecule has 38 heavy (non-hydrogen) atoms. The van der Waals surface area contributed by atoms with Crippen molar-refractivity contribution in [3.05, 3.63) is 70.2 Å². The van der Waals surface area contributed by atoms with Gasteiger partial charge in [-0.15, -0.1) is 5.10 Å². The Kier molecular flexibility index (Phi) is 7.24. The predicted octanol–water partition coefficient (Wildman–Crippen LogP) is 4.39. The number of ether oxygens (including phenoxy) is 2. The van der Waals surface area contributed by atoms with Crippen LogP contribution in [0, 0.1) is 0 Å². The van der Waals surface area contributed by atoms with Crippen LogP contribution in [-0.4, -0.2) is 56.0 Å². The molecule has 10 heteroatoms. The van der Waals surface area contributed by atoms with Crippen LogP contribution < -0.4 is 10.3 Å². The van der Waals surface area contributed by atoms with Crippen molar-refractivity contribution >= 4 is 10.9 Å². The molecule has 1 aliphatic heterocycles. The maximum Gasteiger partial charge on any atom is 0.253 e. The van der Waals surface area contributed by atoms with E-state index in [1.54, 1.807) is 6.26 Å². The molecular weight excluding hydrogens is 484 g/mol. The zero-order chi connectivity index (χ0) is 25.9. The topological polar surface area (TPSA) is 111 Å². The molecule has 0 bridgehead atoms. The van der Waals surface area contributed by atoms with Crippen molar-refractivity contribution in [2.45, 2.75) is 70.2 Å². The van der Waals surface area contributed by atoms with Crippen LogP contribution in [0.25, 0.3) is 10.9 Å². The second-order valence-corrected chi connectivity index (χ2v) is 10.2. The summed E-state index contributed by atoms with van der Waals surface area (Å²) in [5, 5.41) is 14.0. The molecule has 4 heterocycles. The third-order valence-corrected chi connectivity index (χ3v) is 7.65. The van der Waals surface area contributed by atoms with Crippen LogP contribution in [0.4, 0.5) is 0 Å². The van der Waals surface area contributed by atoms with Crippen molar-refractivity contribution in [2.24, 2.45) is 0 Å². The molecule has 2 aliphatic rings. The summed E-state index contributed by atoms with van der Waals surface area (Å²) >= 11 is 0. The average Bonchev–Trinajstić information content (AvgIpc) is 3.73. The number of aromatic amines is 1. The average molecular weight is 519 g/mol. The van der Waals surface area contributed by atoms with Gasteiger partial charge in [-0.25, -0.2) is 4.68 Å². The highest BCUT2D eigenvalue weighted by Gasteiger charge is 2.35. The minimum Gasteiger partial charge on any atom is -0.494 e. The van der Waals surface area contributed by atoms with Gasteiger partial charge < -0.3 is 18.9 Å². The van der Waals surface area contributed by atoms with E-state index in [9.17, 15) is 4.79 Å². The Labute approximate surface area is 220 Å². The highest BCUT2D eigenvalue weighted by Crippen LogP contribution is 2.35. The Bertz CT molecular complexity index is 1400. The first kappa shape index (κ1) is 24.8.